The molecule has 0 aliphatic heterocycles. The van der Waals surface area contributed by atoms with Crippen molar-refractivity contribution in [3.8, 4) is 11.8 Å². The fourth-order valence-corrected chi connectivity index (χ4v) is 3.49. The lowest BCUT2D eigenvalue weighted by Gasteiger charge is -2.10. The SMILES string of the molecule is Cc1cccc(-n2c(C)cc(/C=C(/C#N)c3nc4ccccc4[nH]3)c2C)c1. The summed E-state index contributed by atoms with van der Waals surface area (Å²) in [6.45, 7) is 6.25. The number of benzene rings is 2. The summed E-state index contributed by atoms with van der Waals surface area (Å²) < 4.78 is 2.21. The highest BCUT2D eigenvalue weighted by molar-refractivity contribution is 5.90. The summed E-state index contributed by atoms with van der Waals surface area (Å²) >= 11 is 0. The largest absolute Gasteiger partial charge is 0.337 e. The Balaban J connectivity index is 1.81. The van der Waals surface area contributed by atoms with E-state index < -0.39 is 0 Å². The summed E-state index contributed by atoms with van der Waals surface area (Å²) in [6.07, 6.45) is 1.91. The van der Waals surface area contributed by atoms with Crippen molar-refractivity contribution in [3.05, 3.63) is 82.9 Å². The molecule has 0 aliphatic carbocycles. The zero-order valence-corrected chi connectivity index (χ0v) is 15.6. The molecule has 27 heavy (non-hydrogen) atoms. The highest BCUT2D eigenvalue weighted by Gasteiger charge is 2.13. The predicted octanol–water partition coefficient (Wildman–Crippen LogP) is 5.34. The molecule has 0 unspecified atom stereocenters. The standard InChI is InChI=1S/C23H20N4/c1-15-7-6-8-20(11-15)27-16(2)12-18(17(27)3)13-19(14-24)23-25-21-9-4-5-10-22(21)26-23/h4-13H,1-3H3,(H,25,26)/b19-13-. The molecule has 4 heteroatoms. The number of H-pyrrole nitrogens is 1. The molecule has 4 nitrogen and oxygen atoms in total. The van der Waals surface area contributed by atoms with Crippen molar-refractivity contribution in [2.75, 3.05) is 0 Å². The number of fused-ring (bicyclic) bond motifs is 1. The van der Waals surface area contributed by atoms with Gasteiger partial charge in [0.15, 0.2) is 0 Å². The van der Waals surface area contributed by atoms with Crippen LogP contribution in [0.2, 0.25) is 0 Å². The van der Waals surface area contributed by atoms with Crippen LogP contribution in [-0.4, -0.2) is 14.5 Å². The number of aromatic nitrogens is 3. The lowest BCUT2D eigenvalue weighted by molar-refractivity contribution is 0.962. The summed E-state index contributed by atoms with van der Waals surface area (Å²) in [4.78, 5) is 7.79. The molecule has 2 heterocycles. The molecule has 0 aliphatic rings. The van der Waals surface area contributed by atoms with Gasteiger partial charge in [0.1, 0.15) is 11.9 Å². The molecular weight excluding hydrogens is 332 g/mol. The molecule has 0 bridgehead atoms. The van der Waals surface area contributed by atoms with Crippen molar-refractivity contribution in [1.29, 1.82) is 5.26 Å². The Kier molecular flexibility index (Phi) is 4.13. The van der Waals surface area contributed by atoms with Gasteiger partial charge < -0.3 is 9.55 Å². The molecule has 4 aromatic rings. The summed E-state index contributed by atoms with van der Waals surface area (Å²) in [5.74, 6) is 0.596. The van der Waals surface area contributed by atoms with Gasteiger partial charge in [-0.2, -0.15) is 5.26 Å². The third kappa shape index (κ3) is 3.04. The van der Waals surface area contributed by atoms with Crippen LogP contribution < -0.4 is 0 Å². The Bertz CT molecular complexity index is 1180. The Hall–Kier alpha value is -3.58. The Labute approximate surface area is 158 Å². The first kappa shape index (κ1) is 16.9. The van der Waals surface area contributed by atoms with Gasteiger partial charge in [0, 0.05) is 17.1 Å². The van der Waals surface area contributed by atoms with Crippen LogP contribution in [0.3, 0.4) is 0 Å². The van der Waals surface area contributed by atoms with E-state index in [1.165, 1.54) is 5.56 Å². The number of nitrogens with one attached hydrogen (secondary N) is 1. The zero-order valence-electron chi connectivity index (χ0n) is 15.6. The zero-order chi connectivity index (χ0) is 19.0. The van der Waals surface area contributed by atoms with Crippen molar-refractivity contribution < 1.29 is 0 Å². The summed E-state index contributed by atoms with van der Waals surface area (Å²) in [6, 6.07) is 20.6. The van der Waals surface area contributed by atoms with Crippen LogP contribution in [-0.2, 0) is 0 Å². The molecular formula is C23H20N4. The Morgan fingerprint density at radius 2 is 1.89 bits per heavy atom. The van der Waals surface area contributed by atoms with Crippen LogP contribution in [0.25, 0.3) is 28.4 Å². The molecule has 0 spiro atoms. The van der Waals surface area contributed by atoms with Crippen LogP contribution in [0.1, 0.15) is 28.3 Å². The maximum atomic E-state index is 9.70. The van der Waals surface area contributed by atoms with Crippen molar-refractivity contribution in [3.63, 3.8) is 0 Å². The predicted molar refractivity (Wildman–Crippen MR) is 110 cm³/mol. The smallest absolute Gasteiger partial charge is 0.149 e. The second-order valence-corrected chi connectivity index (χ2v) is 6.77. The number of allylic oxidation sites excluding steroid dienone is 1. The van der Waals surface area contributed by atoms with Gasteiger partial charge in [-0.3, -0.25) is 0 Å². The Morgan fingerprint density at radius 3 is 2.63 bits per heavy atom. The highest BCUT2D eigenvalue weighted by Crippen LogP contribution is 2.25. The van der Waals surface area contributed by atoms with E-state index in [0.717, 1.165) is 33.7 Å². The van der Waals surface area contributed by atoms with E-state index in [2.05, 4.69) is 71.7 Å². The fraction of sp³-hybridized carbons (Fsp3) is 0.130. The van der Waals surface area contributed by atoms with Crippen molar-refractivity contribution in [2.24, 2.45) is 0 Å². The van der Waals surface area contributed by atoms with Gasteiger partial charge in [-0.25, -0.2) is 4.98 Å². The van der Waals surface area contributed by atoms with Gasteiger partial charge in [0.2, 0.25) is 0 Å². The average Bonchev–Trinajstić information content (AvgIpc) is 3.20. The van der Waals surface area contributed by atoms with E-state index in [9.17, 15) is 5.26 Å². The van der Waals surface area contributed by atoms with Crippen LogP contribution >= 0.6 is 0 Å². The third-order valence-electron chi connectivity index (χ3n) is 4.79. The topological polar surface area (TPSA) is 57.4 Å². The first-order valence-electron chi connectivity index (χ1n) is 8.90. The quantitative estimate of drug-likeness (QED) is 0.506. The summed E-state index contributed by atoms with van der Waals surface area (Å²) in [7, 11) is 0. The number of nitriles is 1. The van der Waals surface area contributed by atoms with Gasteiger partial charge in [-0.1, -0.05) is 24.3 Å². The molecule has 0 saturated carbocycles. The van der Waals surface area contributed by atoms with E-state index in [4.69, 9.17) is 0 Å². The minimum absolute atomic E-state index is 0.524. The number of rotatable bonds is 3. The van der Waals surface area contributed by atoms with Gasteiger partial charge in [-0.15, -0.1) is 0 Å². The first-order chi connectivity index (χ1) is 13.1. The van der Waals surface area contributed by atoms with Crippen LogP contribution in [0, 0.1) is 32.1 Å². The number of hydrogen-bond acceptors (Lipinski definition) is 2. The molecule has 132 valence electrons. The molecule has 2 aromatic heterocycles. The third-order valence-corrected chi connectivity index (χ3v) is 4.79. The molecule has 4 rings (SSSR count). The van der Waals surface area contributed by atoms with E-state index >= 15 is 0 Å². The van der Waals surface area contributed by atoms with Gasteiger partial charge in [0.05, 0.1) is 16.6 Å². The van der Waals surface area contributed by atoms with Crippen molar-refractivity contribution in [1.82, 2.24) is 14.5 Å². The maximum absolute atomic E-state index is 9.70. The summed E-state index contributed by atoms with van der Waals surface area (Å²) in [5.41, 5.74) is 7.91. The number of aryl methyl sites for hydroxylation is 2. The van der Waals surface area contributed by atoms with E-state index in [1.807, 2.05) is 30.3 Å². The van der Waals surface area contributed by atoms with Gasteiger partial charge >= 0.3 is 0 Å². The van der Waals surface area contributed by atoms with Crippen molar-refractivity contribution >= 4 is 22.7 Å². The molecule has 0 atom stereocenters. The first-order valence-corrected chi connectivity index (χ1v) is 8.90. The lowest BCUT2D eigenvalue weighted by atomic mass is 10.1. The summed E-state index contributed by atoms with van der Waals surface area (Å²) in [5, 5.41) is 9.70. The maximum Gasteiger partial charge on any atom is 0.149 e. The Morgan fingerprint density at radius 1 is 1.07 bits per heavy atom. The van der Waals surface area contributed by atoms with Crippen molar-refractivity contribution in [2.45, 2.75) is 20.8 Å². The molecule has 0 radical (unpaired) electrons. The molecule has 0 amide bonds. The lowest BCUT2D eigenvalue weighted by Crippen LogP contribution is -1.99. The minimum atomic E-state index is 0.524. The van der Waals surface area contributed by atoms with E-state index in [0.29, 0.717) is 11.4 Å². The normalized spacial score (nSPS) is 11.7. The fourth-order valence-electron chi connectivity index (χ4n) is 3.49. The van der Waals surface area contributed by atoms with Crippen LogP contribution in [0.5, 0.6) is 0 Å². The number of hydrogen-bond donors (Lipinski definition) is 1. The molecule has 2 aromatic carbocycles. The van der Waals surface area contributed by atoms with Crippen LogP contribution in [0.4, 0.5) is 0 Å². The molecule has 1 N–H and O–H groups in total. The average molecular weight is 352 g/mol. The van der Waals surface area contributed by atoms with E-state index in [1.54, 1.807) is 0 Å². The second-order valence-electron chi connectivity index (χ2n) is 6.77. The second kappa shape index (κ2) is 6.62. The molecule has 0 fully saturated rings. The number of para-hydroxylation sites is 2. The van der Waals surface area contributed by atoms with E-state index in [-0.39, 0.29) is 0 Å². The number of nitrogens with zero attached hydrogens (tertiary/aromatic N) is 3. The minimum Gasteiger partial charge on any atom is -0.337 e. The number of imidazole rings is 1. The van der Waals surface area contributed by atoms with Crippen LogP contribution in [0.15, 0.2) is 54.6 Å². The number of aromatic amines is 1. The highest BCUT2D eigenvalue weighted by atomic mass is 15.0. The monoisotopic (exact) mass is 352 g/mol. The van der Waals surface area contributed by atoms with Gasteiger partial charge in [0.25, 0.3) is 0 Å². The van der Waals surface area contributed by atoms with Gasteiger partial charge in [-0.05, 0) is 68.3 Å². The molecule has 0 saturated heterocycles.